The number of rotatable bonds is 2. The van der Waals surface area contributed by atoms with Gasteiger partial charge in [-0.2, -0.15) is 5.10 Å². The second kappa shape index (κ2) is 5.60. The molecule has 0 aliphatic carbocycles. The molecule has 0 saturated heterocycles. The molecule has 7 N–H and O–H groups in total. The summed E-state index contributed by atoms with van der Waals surface area (Å²) < 4.78 is 0. The molecule has 5 heteroatoms. The summed E-state index contributed by atoms with van der Waals surface area (Å²) in [5.74, 6) is 5.51. The Morgan fingerprint density at radius 1 is 1.67 bits per heavy atom. The van der Waals surface area contributed by atoms with Crippen molar-refractivity contribution in [3.8, 4) is 0 Å². The third-order valence-electron chi connectivity index (χ3n) is 2.80. The summed E-state index contributed by atoms with van der Waals surface area (Å²) in [5.41, 5.74) is 12.6. The van der Waals surface area contributed by atoms with Gasteiger partial charge in [0.25, 0.3) is 0 Å². The van der Waals surface area contributed by atoms with Crippen molar-refractivity contribution in [3.63, 3.8) is 0 Å². The van der Waals surface area contributed by atoms with Gasteiger partial charge < -0.3 is 22.6 Å². The van der Waals surface area contributed by atoms with E-state index in [9.17, 15) is 0 Å². The van der Waals surface area contributed by atoms with Crippen LogP contribution in [0.25, 0.3) is 0 Å². The third kappa shape index (κ3) is 3.13. The zero-order chi connectivity index (χ0) is 11.3. The lowest BCUT2D eigenvalue weighted by molar-refractivity contribution is 0.418. The number of nitrogens with two attached hydrogens (primary N) is 3. The zero-order valence-electron chi connectivity index (χ0n) is 9.24. The maximum absolute atomic E-state index is 6.06. The number of nitrogens with zero attached hydrogens (tertiary/aromatic N) is 1. The average Bonchev–Trinajstić information content (AvgIpc) is 2.23. The minimum atomic E-state index is 0.171. The maximum atomic E-state index is 6.06. The van der Waals surface area contributed by atoms with Crippen LogP contribution >= 0.6 is 0 Å². The molecule has 2 unspecified atom stereocenters. The summed E-state index contributed by atoms with van der Waals surface area (Å²) in [6.45, 7) is 2.10. The molecule has 0 bridgehead atoms. The first-order chi connectivity index (χ1) is 7.19. The van der Waals surface area contributed by atoms with Crippen LogP contribution in [0.3, 0.4) is 0 Å². The molecular formula is C10H21N5. The Balaban J connectivity index is 2.78. The fourth-order valence-electron chi connectivity index (χ4n) is 1.82. The van der Waals surface area contributed by atoms with Gasteiger partial charge in [0.2, 0.25) is 0 Å². The summed E-state index contributed by atoms with van der Waals surface area (Å²) in [6, 6.07) is 0.418. The summed E-state index contributed by atoms with van der Waals surface area (Å²) >= 11 is 0. The van der Waals surface area contributed by atoms with Crippen LogP contribution < -0.4 is 22.6 Å². The van der Waals surface area contributed by atoms with Gasteiger partial charge in [-0.15, -0.1) is 0 Å². The molecule has 1 rings (SSSR count). The van der Waals surface area contributed by atoms with Crippen molar-refractivity contribution in [1.82, 2.24) is 5.32 Å². The normalized spacial score (nSPS) is 28.7. The molecule has 0 amide bonds. The molecule has 2 atom stereocenters. The largest absolute Gasteiger partial charge is 0.381 e. The second-order valence-electron chi connectivity index (χ2n) is 3.89. The van der Waals surface area contributed by atoms with Crippen LogP contribution in [-0.2, 0) is 0 Å². The van der Waals surface area contributed by atoms with E-state index in [1.807, 2.05) is 6.08 Å². The second-order valence-corrected chi connectivity index (χ2v) is 3.89. The van der Waals surface area contributed by atoms with E-state index in [-0.39, 0.29) is 12.1 Å². The van der Waals surface area contributed by atoms with Crippen LogP contribution in [0.4, 0.5) is 0 Å². The molecule has 0 fully saturated rings. The van der Waals surface area contributed by atoms with Crippen molar-refractivity contribution in [1.29, 1.82) is 0 Å². The molecule has 0 aromatic rings. The molecule has 5 nitrogen and oxygen atoms in total. The molecule has 0 spiro atoms. The van der Waals surface area contributed by atoms with Crippen LogP contribution in [0.2, 0.25) is 0 Å². The summed E-state index contributed by atoms with van der Waals surface area (Å²) in [7, 11) is 0. The van der Waals surface area contributed by atoms with E-state index < -0.39 is 0 Å². The van der Waals surface area contributed by atoms with E-state index >= 15 is 0 Å². The highest BCUT2D eigenvalue weighted by Crippen LogP contribution is 2.12. The zero-order valence-corrected chi connectivity index (χ0v) is 9.24. The Morgan fingerprint density at radius 2 is 2.40 bits per heavy atom. The minimum absolute atomic E-state index is 0.171. The monoisotopic (exact) mass is 211 g/mol. The van der Waals surface area contributed by atoms with Crippen molar-refractivity contribution >= 4 is 5.84 Å². The Bertz CT molecular complexity index is 259. The Hall–Kier alpha value is -1.23. The number of nitrogens with one attached hydrogen (secondary N) is 1. The Morgan fingerprint density at radius 3 is 3.00 bits per heavy atom. The summed E-state index contributed by atoms with van der Waals surface area (Å²) in [5, 5.41) is 6.81. The van der Waals surface area contributed by atoms with Crippen molar-refractivity contribution in [3.05, 3.63) is 11.8 Å². The third-order valence-corrected chi connectivity index (χ3v) is 2.80. The Labute approximate surface area is 90.8 Å². The number of amidine groups is 1. The predicted octanol–water partition coefficient (Wildman–Crippen LogP) is -0.0194. The highest BCUT2D eigenvalue weighted by Gasteiger charge is 2.19. The summed E-state index contributed by atoms with van der Waals surface area (Å²) in [4.78, 5) is 0. The van der Waals surface area contributed by atoms with Crippen molar-refractivity contribution in [2.24, 2.45) is 22.4 Å². The molecule has 0 radical (unpaired) electrons. The highest BCUT2D eigenvalue weighted by molar-refractivity contribution is 5.96. The molecule has 86 valence electrons. The fraction of sp³-hybridized carbons (Fsp3) is 0.700. The highest BCUT2D eigenvalue weighted by atomic mass is 15.2. The van der Waals surface area contributed by atoms with E-state index in [0.717, 1.165) is 31.4 Å². The van der Waals surface area contributed by atoms with Gasteiger partial charge in [0.05, 0.1) is 5.70 Å². The van der Waals surface area contributed by atoms with Gasteiger partial charge in [0.1, 0.15) is 0 Å². The predicted molar refractivity (Wildman–Crippen MR) is 62.9 cm³/mol. The first-order valence-electron chi connectivity index (χ1n) is 5.45. The van der Waals surface area contributed by atoms with Crippen LogP contribution in [0, 0.1) is 0 Å². The first-order valence-corrected chi connectivity index (χ1v) is 5.45. The number of hydrogen-bond acceptors (Lipinski definition) is 4. The summed E-state index contributed by atoms with van der Waals surface area (Å²) in [6.07, 6.45) is 6.09. The van der Waals surface area contributed by atoms with Crippen LogP contribution in [0.15, 0.2) is 16.9 Å². The average molecular weight is 211 g/mol. The van der Waals surface area contributed by atoms with E-state index in [2.05, 4.69) is 17.3 Å². The Kier molecular flexibility index (Phi) is 4.42. The van der Waals surface area contributed by atoms with Crippen LogP contribution in [0.1, 0.15) is 32.6 Å². The van der Waals surface area contributed by atoms with Gasteiger partial charge in [0, 0.05) is 12.1 Å². The molecule has 0 aromatic carbocycles. The molecule has 1 aliphatic heterocycles. The van der Waals surface area contributed by atoms with Gasteiger partial charge in [0.15, 0.2) is 5.84 Å². The van der Waals surface area contributed by atoms with Gasteiger partial charge in [-0.1, -0.05) is 13.0 Å². The number of hydrazone groups is 1. The van der Waals surface area contributed by atoms with E-state index in [1.165, 1.54) is 0 Å². The molecule has 1 heterocycles. The maximum Gasteiger partial charge on any atom is 0.166 e. The quantitative estimate of drug-likeness (QED) is 0.223. The molecule has 15 heavy (non-hydrogen) atoms. The van der Waals surface area contributed by atoms with Gasteiger partial charge in [-0.25, -0.2) is 0 Å². The lowest BCUT2D eigenvalue weighted by Gasteiger charge is -2.27. The smallest absolute Gasteiger partial charge is 0.166 e. The van der Waals surface area contributed by atoms with Crippen LogP contribution in [0.5, 0.6) is 0 Å². The first kappa shape index (κ1) is 11.8. The molecule has 1 aliphatic rings. The van der Waals surface area contributed by atoms with Gasteiger partial charge in [-0.3, -0.25) is 0 Å². The van der Waals surface area contributed by atoms with E-state index in [4.69, 9.17) is 17.3 Å². The fourth-order valence-corrected chi connectivity index (χ4v) is 1.82. The molecule has 0 aromatic heterocycles. The van der Waals surface area contributed by atoms with Gasteiger partial charge in [-0.05, 0) is 25.7 Å². The lowest BCUT2D eigenvalue weighted by Crippen LogP contribution is -2.47. The van der Waals surface area contributed by atoms with Crippen molar-refractivity contribution < 1.29 is 0 Å². The molecule has 0 saturated carbocycles. The molecular weight excluding hydrogens is 190 g/mol. The number of hydrogen-bond donors (Lipinski definition) is 4. The minimum Gasteiger partial charge on any atom is -0.381 e. The number of allylic oxidation sites excluding steroid dienone is 1. The SMILES string of the molecule is CCC1NC(C(N)=NN)=CCCCC1N. The van der Waals surface area contributed by atoms with Crippen LogP contribution in [-0.4, -0.2) is 17.9 Å². The van der Waals surface area contributed by atoms with E-state index in [1.54, 1.807) is 0 Å². The standard InChI is InChI=1S/C10H21N5/c1-2-8-7(11)5-3-4-6-9(14-8)10(12)15-13/h6-8,14H,2-5,11,13H2,1H3,(H2,12,15). The van der Waals surface area contributed by atoms with Gasteiger partial charge >= 0.3 is 0 Å². The van der Waals surface area contributed by atoms with Crippen molar-refractivity contribution in [2.75, 3.05) is 0 Å². The van der Waals surface area contributed by atoms with Crippen molar-refractivity contribution in [2.45, 2.75) is 44.7 Å². The van der Waals surface area contributed by atoms with E-state index in [0.29, 0.717) is 5.84 Å². The lowest BCUT2D eigenvalue weighted by atomic mass is 9.98. The topological polar surface area (TPSA) is 102 Å².